The summed E-state index contributed by atoms with van der Waals surface area (Å²) in [6, 6.07) is 3.94. The lowest BCUT2D eigenvalue weighted by Crippen LogP contribution is -2.49. The molecule has 6 heteroatoms. The van der Waals surface area contributed by atoms with Gasteiger partial charge in [0.05, 0.1) is 6.33 Å². The van der Waals surface area contributed by atoms with Crippen LogP contribution in [0, 0.1) is 5.92 Å². The van der Waals surface area contributed by atoms with E-state index in [1.54, 1.807) is 0 Å². The minimum Gasteiger partial charge on any atom is -0.341 e. The predicted octanol–water partition coefficient (Wildman–Crippen LogP) is 1.30. The molecule has 3 aromatic heterocycles. The lowest BCUT2D eigenvalue weighted by atomic mass is 10.0. The molecule has 0 radical (unpaired) electrons. The average Bonchev–Trinajstić information content (AvgIpc) is 3.03. The molecule has 0 atom stereocenters. The second-order valence-electron chi connectivity index (χ2n) is 5.35. The third-order valence-corrected chi connectivity index (χ3v) is 3.87. The lowest BCUT2D eigenvalue weighted by Gasteiger charge is -2.39. The van der Waals surface area contributed by atoms with Crippen molar-refractivity contribution in [2.45, 2.75) is 6.54 Å². The first-order valence-electron chi connectivity index (χ1n) is 6.79. The summed E-state index contributed by atoms with van der Waals surface area (Å²) in [4.78, 5) is 15.4. The maximum Gasteiger partial charge on any atom is 0.207 e. The Morgan fingerprint density at radius 2 is 2.20 bits per heavy atom. The maximum atomic E-state index is 4.67. The number of aromatic nitrogens is 5. The van der Waals surface area contributed by atoms with Gasteiger partial charge in [-0.2, -0.15) is 0 Å². The molecule has 4 heterocycles. The summed E-state index contributed by atoms with van der Waals surface area (Å²) in [6.45, 7) is 3.10. The molecule has 0 amide bonds. The normalized spacial score (nSPS) is 15.8. The highest BCUT2D eigenvalue weighted by Gasteiger charge is 2.30. The average molecular weight is 268 g/mol. The number of aryl methyl sites for hydroxylation is 1. The first kappa shape index (κ1) is 11.5. The van der Waals surface area contributed by atoms with Crippen molar-refractivity contribution in [1.29, 1.82) is 0 Å². The van der Waals surface area contributed by atoms with Gasteiger partial charge < -0.3 is 9.47 Å². The Balaban J connectivity index is 1.50. The summed E-state index contributed by atoms with van der Waals surface area (Å²) >= 11 is 0. The van der Waals surface area contributed by atoms with Crippen molar-refractivity contribution < 1.29 is 0 Å². The second-order valence-corrected chi connectivity index (χ2v) is 5.35. The van der Waals surface area contributed by atoms with E-state index in [0.29, 0.717) is 5.92 Å². The van der Waals surface area contributed by atoms with E-state index in [-0.39, 0.29) is 0 Å². The molecule has 1 aliphatic rings. The molecule has 102 valence electrons. The maximum absolute atomic E-state index is 4.67. The number of hydrogen-bond donors (Lipinski definition) is 0. The van der Waals surface area contributed by atoms with E-state index in [2.05, 4.69) is 29.0 Å². The van der Waals surface area contributed by atoms with Crippen LogP contribution in [0.1, 0.15) is 0 Å². The monoisotopic (exact) mass is 268 g/mol. The van der Waals surface area contributed by atoms with Crippen LogP contribution in [0.15, 0.2) is 37.1 Å². The van der Waals surface area contributed by atoms with Gasteiger partial charge in [-0.25, -0.2) is 15.0 Å². The van der Waals surface area contributed by atoms with E-state index in [1.807, 2.05) is 44.1 Å². The summed E-state index contributed by atoms with van der Waals surface area (Å²) in [5.41, 5.74) is 1.91. The van der Waals surface area contributed by atoms with Crippen LogP contribution < -0.4 is 4.90 Å². The van der Waals surface area contributed by atoms with Gasteiger partial charge in [-0.1, -0.05) is 0 Å². The van der Waals surface area contributed by atoms with Crippen molar-refractivity contribution >= 4 is 17.1 Å². The van der Waals surface area contributed by atoms with E-state index in [4.69, 9.17) is 0 Å². The molecule has 0 unspecified atom stereocenters. The number of anilines is 1. The second kappa shape index (κ2) is 4.33. The van der Waals surface area contributed by atoms with Gasteiger partial charge in [0.15, 0.2) is 5.65 Å². The summed E-state index contributed by atoms with van der Waals surface area (Å²) in [5.74, 6) is 1.68. The van der Waals surface area contributed by atoms with Gasteiger partial charge in [-0.15, -0.1) is 0 Å². The quantitative estimate of drug-likeness (QED) is 0.718. The fraction of sp³-hybridized carbons (Fsp3) is 0.357. The van der Waals surface area contributed by atoms with Gasteiger partial charge in [0.25, 0.3) is 0 Å². The molecule has 0 bridgehead atoms. The highest BCUT2D eigenvalue weighted by molar-refractivity contribution is 5.74. The minimum atomic E-state index is 0.664. The standard InChI is InChI=1S/C14H16N6/c1-18-13-12(3-2-4-16-13)17-14(18)20-8-11(9-20)7-19-6-5-15-10-19/h2-6,10-11H,7-9H2,1H3. The molecular weight excluding hydrogens is 252 g/mol. The van der Waals surface area contributed by atoms with Crippen molar-refractivity contribution in [2.24, 2.45) is 13.0 Å². The third kappa shape index (κ3) is 1.76. The zero-order chi connectivity index (χ0) is 13.5. The molecule has 1 aliphatic heterocycles. The fourth-order valence-electron chi connectivity index (χ4n) is 2.84. The van der Waals surface area contributed by atoms with Crippen molar-refractivity contribution in [3.05, 3.63) is 37.1 Å². The van der Waals surface area contributed by atoms with Crippen LogP contribution in [0.3, 0.4) is 0 Å². The van der Waals surface area contributed by atoms with Crippen LogP contribution >= 0.6 is 0 Å². The molecule has 1 fully saturated rings. The van der Waals surface area contributed by atoms with Crippen molar-refractivity contribution in [2.75, 3.05) is 18.0 Å². The van der Waals surface area contributed by atoms with E-state index < -0.39 is 0 Å². The molecule has 0 saturated carbocycles. The summed E-state index contributed by atoms with van der Waals surface area (Å²) < 4.78 is 4.21. The summed E-state index contributed by atoms with van der Waals surface area (Å²) in [7, 11) is 2.03. The van der Waals surface area contributed by atoms with Crippen LogP contribution in [-0.4, -0.2) is 37.2 Å². The number of nitrogens with zero attached hydrogens (tertiary/aromatic N) is 6. The fourth-order valence-corrected chi connectivity index (χ4v) is 2.84. The highest BCUT2D eigenvalue weighted by atomic mass is 15.3. The van der Waals surface area contributed by atoms with Gasteiger partial charge in [-0.05, 0) is 12.1 Å². The Morgan fingerprint density at radius 1 is 1.30 bits per heavy atom. The Morgan fingerprint density at radius 3 is 2.95 bits per heavy atom. The molecule has 20 heavy (non-hydrogen) atoms. The molecule has 0 aliphatic carbocycles. The van der Waals surface area contributed by atoms with Gasteiger partial charge >= 0.3 is 0 Å². The molecule has 0 N–H and O–H groups in total. The van der Waals surface area contributed by atoms with Crippen LogP contribution in [0.2, 0.25) is 0 Å². The number of hydrogen-bond acceptors (Lipinski definition) is 4. The van der Waals surface area contributed by atoms with Crippen LogP contribution in [-0.2, 0) is 13.6 Å². The Hall–Kier alpha value is -2.37. The number of fused-ring (bicyclic) bond motifs is 1. The van der Waals surface area contributed by atoms with Crippen LogP contribution in [0.25, 0.3) is 11.2 Å². The first-order valence-corrected chi connectivity index (χ1v) is 6.79. The van der Waals surface area contributed by atoms with E-state index in [0.717, 1.165) is 36.7 Å². The Kier molecular flexibility index (Phi) is 2.48. The SMILES string of the molecule is Cn1c(N2CC(Cn3ccnc3)C2)nc2cccnc21. The third-order valence-electron chi connectivity index (χ3n) is 3.87. The van der Waals surface area contributed by atoms with Crippen LogP contribution in [0.5, 0.6) is 0 Å². The molecule has 3 aromatic rings. The molecule has 4 rings (SSSR count). The zero-order valence-electron chi connectivity index (χ0n) is 11.3. The predicted molar refractivity (Wildman–Crippen MR) is 76.4 cm³/mol. The first-order chi connectivity index (χ1) is 9.81. The largest absolute Gasteiger partial charge is 0.341 e. The van der Waals surface area contributed by atoms with Crippen molar-refractivity contribution in [1.82, 2.24) is 24.1 Å². The molecule has 6 nitrogen and oxygen atoms in total. The van der Waals surface area contributed by atoms with Crippen LogP contribution in [0.4, 0.5) is 5.95 Å². The lowest BCUT2D eigenvalue weighted by molar-refractivity contribution is 0.351. The highest BCUT2D eigenvalue weighted by Crippen LogP contribution is 2.26. The zero-order valence-corrected chi connectivity index (χ0v) is 11.3. The van der Waals surface area contributed by atoms with Gasteiger partial charge in [-0.3, -0.25) is 4.57 Å². The van der Waals surface area contributed by atoms with Gasteiger partial charge in [0.1, 0.15) is 5.52 Å². The summed E-state index contributed by atoms with van der Waals surface area (Å²) in [5, 5.41) is 0. The van der Waals surface area contributed by atoms with Gasteiger partial charge in [0, 0.05) is 51.2 Å². The number of rotatable bonds is 3. The molecule has 0 aromatic carbocycles. The van der Waals surface area contributed by atoms with Crippen molar-refractivity contribution in [3.8, 4) is 0 Å². The topological polar surface area (TPSA) is 51.8 Å². The number of imidazole rings is 2. The molecule has 1 saturated heterocycles. The van der Waals surface area contributed by atoms with Gasteiger partial charge in [0.2, 0.25) is 5.95 Å². The van der Waals surface area contributed by atoms with Crippen molar-refractivity contribution in [3.63, 3.8) is 0 Å². The number of pyridine rings is 1. The summed E-state index contributed by atoms with van der Waals surface area (Å²) in [6.07, 6.45) is 7.53. The van der Waals surface area contributed by atoms with E-state index in [1.165, 1.54) is 0 Å². The molecular formula is C14H16N6. The smallest absolute Gasteiger partial charge is 0.207 e. The van der Waals surface area contributed by atoms with E-state index >= 15 is 0 Å². The Labute approximate surface area is 116 Å². The Bertz CT molecular complexity index is 723. The van der Waals surface area contributed by atoms with E-state index in [9.17, 15) is 0 Å². The molecule has 0 spiro atoms. The minimum absolute atomic E-state index is 0.664.